The van der Waals surface area contributed by atoms with Gasteiger partial charge in [-0.3, -0.25) is 9.11 Å². The van der Waals surface area contributed by atoms with Crippen molar-refractivity contribution in [2.24, 2.45) is 0 Å². The molecular weight excluding hydrogens is 305 g/mol. The Hall–Kier alpha value is 0.780. The molecule has 3 atom stereocenters. The van der Waals surface area contributed by atoms with Crippen molar-refractivity contribution in [1.29, 1.82) is 0 Å². The normalized spacial score (nSPS) is 38.8. The molecule has 0 bridgehead atoms. The van der Waals surface area contributed by atoms with Crippen molar-refractivity contribution in [1.82, 2.24) is 0 Å². The third-order valence-electron chi connectivity index (χ3n) is 4.71. The van der Waals surface area contributed by atoms with Gasteiger partial charge < -0.3 is 4.48 Å². The average molecular weight is 326 g/mol. The van der Waals surface area contributed by atoms with Gasteiger partial charge in [0.25, 0.3) is 20.2 Å². The zero-order valence-electron chi connectivity index (χ0n) is 11.1. The second kappa shape index (κ2) is 4.91. The zero-order chi connectivity index (χ0) is 14.8. The van der Waals surface area contributed by atoms with Gasteiger partial charge in [-0.05, 0) is 20.8 Å². The summed E-state index contributed by atoms with van der Waals surface area (Å²) < 4.78 is 61.6. The minimum absolute atomic E-state index is 0. The number of hydrogen-bond acceptors (Lipinski definition) is 4. The third kappa shape index (κ3) is 2.52. The summed E-state index contributed by atoms with van der Waals surface area (Å²) in [6.07, 6.45) is 0. The van der Waals surface area contributed by atoms with E-state index in [0.717, 1.165) is 13.8 Å². The molecule has 1 rings (SSSR count). The Bertz CT molecular complexity index is 572. The van der Waals surface area contributed by atoms with Crippen LogP contribution in [0.2, 0.25) is 0 Å². The summed E-state index contributed by atoms with van der Waals surface area (Å²) in [5.41, 5.74) is 0. The monoisotopic (exact) mass is 326 g/mol. The first kappa shape index (κ1) is 19.8. The van der Waals surface area contributed by atoms with Crippen LogP contribution in [-0.2, 0) is 20.2 Å². The van der Waals surface area contributed by atoms with Crippen LogP contribution < -0.4 is 0 Å². The molecule has 0 radical (unpaired) electrons. The summed E-state index contributed by atoms with van der Waals surface area (Å²) in [5.74, 6) is 0. The van der Waals surface area contributed by atoms with E-state index >= 15 is 0 Å². The summed E-state index contributed by atoms with van der Waals surface area (Å²) in [4.78, 5) is 0. The predicted octanol–water partition coefficient (Wildman–Crippen LogP) is -0.891. The van der Waals surface area contributed by atoms with Crippen LogP contribution in [0.15, 0.2) is 0 Å². The average Bonchev–Trinajstić information content (AvgIpc) is 2.23. The second-order valence-corrected chi connectivity index (χ2v) is 9.55. The Morgan fingerprint density at radius 3 is 1.63 bits per heavy atom. The standard InChI is InChI=1S/C9H19NO6S2.Na.H/c1-7-9(3,18(14,15)16)8(2,17(11,12)13)6-10(7,4)5;;/h7H,6H2,1-5H3,(H-,11,12,13,14,15,16);;/p+1. The molecule has 1 heterocycles. The molecule has 0 saturated carbocycles. The van der Waals surface area contributed by atoms with Gasteiger partial charge in [0.05, 0.1) is 14.1 Å². The molecule has 7 nitrogen and oxygen atoms in total. The fourth-order valence-corrected chi connectivity index (χ4v) is 6.14. The quantitative estimate of drug-likeness (QED) is 0.387. The van der Waals surface area contributed by atoms with Crippen molar-refractivity contribution >= 4 is 49.8 Å². The topological polar surface area (TPSA) is 109 Å². The summed E-state index contributed by atoms with van der Waals surface area (Å²) >= 11 is 0. The van der Waals surface area contributed by atoms with E-state index in [1.165, 1.54) is 0 Å². The molecular formula is C9H21NNaO6S2+. The van der Waals surface area contributed by atoms with Crippen molar-refractivity contribution in [3.8, 4) is 0 Å². The molecule has 0 aromatic heterocycles. The summed E-state index contributed by atoms with van der Waals surface area (Å²) in [6.45, 7) is 3.75. The van der Waals surface area contributed by atoms with Gasteiger partial charge in [-0.1, -0.05) is 0 Å². The Balaban J connectivity index is 0.00000324. The number of rotatable bonds is 2. The van der Waals surface area contributed by atoms with E-state index in [1.54, 1.807) is 21.0 Å². The third-order valence-corrected chi connectivity index (χ3v) is 8.39. The summed E-state index contributed by atoms with van der Waals surface area (Å²) in [7, 11) is -6.00. The van der Waals surface area contributed by atoms with E-state index in [1.807, 2.05) is 0 Å². The van der Waals surface area contributed by atoms with Gasteiger partial charge in [-0.15, -0.1) is 0 Å². The fourth-order valence-electron chi connectivity index (χ4n) is 3.01. The Kier molecular flexibility index (Phi) is 5.11. The van der Waals surface area contributed by atoms with Crippen molar-refractivity contribution in [2.75, 3.05) is 20.6 Å². The Morgan fingerprint density at radius 2 is 1.42 bits per heavy atom. The van der Waals surface area contributed by atoms with E-state index in [4.69, 9.17) is 0 Å². The van der Waals surface area contributed by atoms with Crippen LogP contribution in [0.5, 0.6) is 0 Å². The van der Waals surface area contributed by atoms with Crippen molar-refractivity contribution in [3.05, 3.63) is 0 Å². The van der Waals surface area contributed by atoms with Crippen LogP contribution >= 0.6 is 0 Å². The molecule has 0 spiro atoms. The molecule has 19 heavy (non-hydrogen) atoms. The van der Waals surface area contributed by atoms with Crippen molar-refractivity contribution in [2.45, 2.75) is 36.3 Å². The summed E-state index contributed by atoms with van der Waals surface area (Å²) in [6, 6.07) is -0.695. The molecule has 10 heteroatoms. The van der Waals surface area contributed by atoms with Gasteiger partial charge in [-0.25, -0.2) is 0 Å². The molecule has 0 amide bonds. The first-order valence-electron chi connectivity index (χ1n) is 5.38. The molecule has 0 aromatic carbocycles. The van der Waals surface area contributed by atoms with Gasteiger partial charge in [0, 0.05) is 0 Å². The molecule has 0 aromatic rings. The first-order chi connectivity index (χ1) is 7.61. The van der Waals surface area contributed by atoms with Gasteiger partial charge >= 0.3 is 29.6 Å². The van der Waals surface area contributed by atoms with Crippen LogP contribution in [0.3, 0.4) is 0 Å². The minimum atomic E-state index is -4.67. The van der Waals surface area contributed by atoms with Crippen LogP contribution in [-0.4, -0.2) is 96.2 Å². The number of likely N-dealkylation sites (tertiary alicyclic amines) is 1. The van der Waals surface area contributed by atoms with Gasteiger partial charge in [-0.2, -0.15) is 16.8 Å². The van der Waals surface area contributed by atoms with Crippen molar-refractivity contribution < 1.29 is 30.4 Å². The predicted molar refractivity (Wildman–Crippen MR) is 73.5 cm³/mol. The van der Waals surface area contributed by atoms with E-state index in [-0.39, 0.29) is 40.6 Å². The Labute approximate surface area is 136 Å². The van der Waals surface area contributed by atoms with E-state index in [0.29, 0.717) is 0 Å². The fraction of sp³-hybridized carbons (Fsp3) is 1.00. The molecule has 1 saturated heterocycles. The number of nitrogens with zero attached hydrogens (tertiary/aromatic N) is 1. The van der Waals surface area contributed by atoms with Crippen molar-refractivity contribution in [3.63, 3.8) is 0 Å². The van der Waals surface area contributed by atoms with Crippen LogP contribution in [0, 0.1) is 0 Å². The van der Waals surface area contributed by atoms with Crippen LogP contribution in [0.4, 0.5) is 0 Å². The van der Waals surface area contributed by atoms with E-state index in [2.05, 4.69) is 0 Å². The molecule has 1 aliphatic rings. The van der Waals surface area contributed by atoms with Gasteiger partial charge in [0.1, 0.15) is 12.6 Å². The van der Waals surface area contributed by atoms with Gasteiger partial charge in [0.2, 0.25) is 0 Å². The molecule has 1 fully saturated rings. The molecule has 1 aliphatic heterocycles. The Morgan fingerprint density at radius 1 is 1.05 bits per heavy atom. The molecule has 0 aliphatic carbocycles. The van der Waals surface area contributed by atoms with Gasteiger partial charge in [0.15, 0.2) is 9.49 Å². The first-order valence-corrected chi connectivity index (χ1v) is 8.26. The SMILES string of the molecule is CC1C(C)(S(=O)(=O)O)C(C)(S(=O)(=O)O)C[N+]1(C)C.[NaH]. The zero-order valence-corrected chi connectivity index (χ0v) is 12.7. The van der Waals surface area contributed by atoms with Crippen LogP contribution in [0.25, 0.3) is 0 Å². The van der Waals surface area contributed by atoms with E-state index < -0.39 is 35.8 Å². The summed E-state index contributed by atoms with van der Waals surface area (Å²) in [5, 5.41) is 0. The molecule has 2 N–H and O–H groups in total. The maximum absolute atomic E-state index is 11.7. The molecule has 3 unspecified atom stereocenters. The number of quaternary nitrogens is 1. The maximum atomic E-state index is 11.7. The van der Waals surface area contributed by atoms with Crippen LogP contribution in [0.1, 0.15) is 20.8 Å². The van der Waals surface area contributed by atoms with E-state index in [9.17, 15) is 25.9 Å². The second-order valence-electron chi connectivity index (χ2n) is 5.90. The molecule has 110 valence electrons. The number of hydrogen-bond donors (Lipinski definition) is 2.